The SMILES string of the molecule is COCCN(CC(=O)NC(C)(C)C)C(=O)c1csnn1. The Morgan fingerprint density at radius 1 is 1.45 bits per heavy atom. The minimum absolute atomic E-state index is 0.0308. The highest BCUT2D eigenvalue weighted by molar-refractivity contribution is 7.03. The maximum Gasteiger partial charge on any atom is 0.275 e. The molecule has 20 heavy (non-hydrogen) atoms. The fourth-order valence-electron chi connectivity index (χ4n) is 1.50. The molecule has 0 fully saturated rings. The molecule has 0 aromatic carbocycles. The van der Waals surface area contributed by atoms with Gasteiger partial charge in [0.2, 0.25) is 5.91 Å². The summed E-state index contributed by atoms with van der Waals surface area (Å²) in [4.78, 5) is 25.5. The standard InChI is InChI=1S/C12H20N4O3S/c1-12(2,3)13-10(17)7-16(5-6-19-4)11(18)9-8-20-15-14-9/h8H,5-7H2,1-4H3,(H,13,17). The maximum absolute atomic E-state index is 12.2. The highest BCUT2D eigenvalue weighted by Crippen LogP contribution is 2.05. The number of methoxy groups -OCH3 is 1. The molecule has 7 nitrogen and oxygen atoms in total. The van der Waals surface area contributed by atoms with Crippen LogP contribution in [0.4, 0.5) is 0 Å². The van der Waals surface area contributed by atoms with Crippen molar-refractivity contribution in [3.05, 3.63) is 11.1 Å². The highest BCUT2D eigenvalue weighted by Gasteiger charge is 2.22. The Kier molecular flexibility index (Phi) is 6.03. The van der Waals surface area contributed by atoms with E-state index >= 15 is 0 Å². The Bertz CT molecular complexity index is 442. The average Bonchev–Trinajstić information content (AvgIpc) is 2.84. The average molecular weight is 300 g/mol. The van der Waals surface area contributed by atoms with E-state index in [1.807, 2.05) is 20.8 Å². The molecule has 0 bridgehead atoms. The van der Waals surface area contributed by atoms with E-state index in [1.165, 1.54) is 4.90 Å². The minimum atomic E-state index is -0.338. The molecule has 0 radical (unpaired) electrons. The molecule has 0 aliphatic carbocycles. The first-order valence-electron chi connectivity index (χ1n) is 6.20. The van der Waals surface area contributed by atoms with Crippen molar-refractivity contribution in [2.45, 2.75) is 26.3 Å². The summed E-state index contributed by atoms with van der Waals surface area (Å²) in [5.74, 6) is -0.537. The molecule has 0 saturated heterocycles. The molecule has 1 rings (SSSR count). The van der Waals surface area contributed by atoms with Crippen LogP contribution in [0.1, 0.15) is 31.3 Å². The predicted molar refractivity (Wildman–Crippen MR) is 75.6 cm³/mol. The highest BCUT2D eigenvalue weighted by atomic mass is 32.1. The Hall–Kier alpha value is -1.54. The number of rotatable bonds is 6. The van der Waals surface area contributed by atoms with Gasteiger partial charge in [-0.1, -0.05) is 4.49 Å². The van der Waals surface area contributed by atoms with Gasteiger partial charge >= 0.3 is 0 Å². The van der Waals surface area contributed by atoms with Crippen molar-refractivity contribution in [1.82, 2.24) is 19.8 Å². The van der Waals surface area contributed by atoms with E-state index in [9.17, 15) is 9.59 Å². The molecule has 8 heteroatoms. The van der Waals surface area contributed by atoms with Crippen molar-refractivity contribution >= 4 is 23.3 Å². The summed E-state index contributed by atoms with van der Waals surface area (Å²) in [6.45, 7) is 6.30. The van der Waals surface area contributed by atoms with Crippen LogP contribution in [0.2, 0.25) is 0 Å². The van der Waals surface area contributed by atoms with Gasteiger partial charge in [-0.3, -0.25) is 9.59 Å². The van der Waals surface area contributed by atoms with Gasteiger partial charge in [0.1, 0.15) is 0 Å². The Morgan fingerprint density at radius 3 is 2.65 bits per heavy atom. The van der Waals surface area contributed by atoms with Gasteiger partial charge in [-0.05, 0) is 32.3 Å². The second kappa shape index (κ2) is 7.30. The number of nitrogens with zero attached hydrogens (tertiary/aromatic N) is 3. The quantitative estimate of drug-likeness (QED) is 0.829. The predicted octanol–water partition coefficient (Wildman–Crippen LogP) is 0.541. The van der Waals surface area contributed by atoms with Crippen LogP contribution in [0.5, 0.6) is 0 Å². The van der Waals surface area contributed by atoms with Crippen LogP contribution in [0.3, 0.4) is 0 Å². The van der Waals surface area contributed by atoms with E-state index in [1.54, 1.807) is 12.5 Å². The van der Waals surface area contributed by atoms with Gasteiger partial charge in [0, 0.05) is 24.6 Å². The molecule has 1 N–H and O–H groups in total. The largest absolute Gasteiger partial charge is 0.383 e. The molecular weight excluding hydrogens is 280 g/mol. The van der Waals surface area contributed by atoms with Crippen LogP contribution < -0.4 is 5.32 Å². The molecule has 0 atom stereocenters. The number of carbonyl (C=O) groups excluding carboxylic acids is 2. The van der Waals surface area contributed by atoms with Crippen molar-refractivity contribution in [2.24, 2.45) is 0 Å². The Balaban J connectivity index is 2.69. The number of nitrogens with one attached hydrogen (secondary N) is 1. The number of aromatic nitrogens is 2. The summed E-state index contributed by atoms with van der Waals surface area (Å²) in [5, 5.41) is 8.11. The van der Waals surface area contributed by atoms with Crippen LogP contribution in [-0.4, -0.2) is 58.6 Å². The normalized spacial score (nSPS) is 11.2. The monoisotopic (exact) mass is 300 g/mol. The van der Waals surface area contributed by atoms with Crippen molar-refractivity contribution in [3.8, 4) is 0 Å². The van der Waals surface area contributed by atoms with Gasteiger partial charge in [0.15, 0.2) is 5.69 Å². The van der Waals surface area contributed by atoms with Crippen molar-refractivity contribution in [2.75, 3.05) is 26.8 Å². The molecule has 1 aromatic heterocycles. The van der Waals surface area contributed by atoms with Gasteiger partial charge in [0.05, 0.1) is 13.2 Å². The molecule has 0 unspecified atom stereocenters. The Labute approximate surface area is 122 Å². The third kappa shape index (κ3) is 5.62. The lowest BCUT2D eigenvalue weighted by Crippen LogP contribution is -2.48. The topological polar surface area (TPSA) is 84.4 Å². The van der Waals surface area contributed by atoms with Gasteiger partial charge in [-0.15, -0.1) is 5.10 Å². The van der Waals surface area contributed by atoms with Crippen LogP contribution in [0.15, 0.2) is 5.38 Å². The van der Waals surface area contributed by atoms with Crippen LogP contribution >= 0.6 is 11.5 Å². The third-order valence-electron chi connectivity index (χ3n) is 2.28. The molecule has 0 aliphatic heterocycles. The second-order valence-corrected chi connectivity index (χ2v) is 5.92. The zero-order chi connectivity index (χ0) is 15.2. The molecule has 112 valence electrons. The van der Waals surface area contributed by atoms with Gasteiger partial charge in [0.25, 0.3) is 5.91 Å². The molecule has 0 aliphatic rings. The lowest BCUT2D eigenvalue weighted by Gasteiger charge is -2.25. The summed E-state index contributed by atoms with van der Waals surface area (Å²) in [6.07, 6.45) is 0. The fraction of sp³-hybridized carbons (Fsp3) is 0.667. The van der Waals surface area contributed by atoms with Crippen molar-refractivity contribution in [1.29, 1.82) is 0 Å². The fourth-order valence-corrected chi connectivity index (χ4v) is 1.93. The number of hydrogen-bond acceptors (Lipinski definition) is 6. The van der Waals surface area contributed by atoms with E-state index in [0.29, 0.717) is 13.2 Å². The van der Waals surface area contributed by atoms with E-state index in [-0.39, 0.29) is 29.6 Å². The maximum atomic E-state index is 12.2. The molecule has 2 amide bonds. The number of ether oxygens (including phenoxy) is 1. The number of amides is 2. The van der Waals surface area contributed by atoms with Crippen molar-refractivity contribution in [3.63, 3.8) is 0 Å². The molecule has 1 heterocycles. The second-order valence-electron chi connectivity index (χ2n) is 5.31. The lowest BCUT2D eigenvalue weighted by molar-refractivity contribution is -0.123. The zero-order valence-electron chi connectivity index (χ0n) is 12.2. The molecule has 0 spiro atoms. The van der Waals surface area contributed by atoms with Gasteiger partial charge in [-0.25, -0.2) is 0 Å². The summed E-state index contributed by atoms with van der Waals surface area (Å²) < 4.78 is 8.62. The van der Waals surface area contributed by atoms with Crippen LogP contribution in [-0.2, 0) is 9.53 Å². The van der Waals surface area contributed by atoms with Gasteiger partial charge < -0.3 is 15.0 Å². The molecule has 0 saturated carbocycles. The summed E-state index contributed by atoms with van der Waals surface area (Å²) in [6, 6.07) is 0. The van der Waals surface area contributed by atoms with E-state index in [4.69, 9.17) is 4.74 Å². The van der Waals surface area contributed by atoms with E-state index in [0.717, 1.165) is 11.5 Å². The number of carbonyl (C=O) groups is 2. The van der Waals surface area contributed by atoms with Gasteiger partial charge in [-0.2, -0.15) is 0 Å². The van der Waals surface area contributed by atoms with Crippen molar-refractivity contribution < 1.29 is 14.3 Å². The third-order valence-corrected chi connectivity index (χ3v) is 2.79. The Morgan fingerprint density at radius 2 is 2.15 bits per heavy atom. The summed E-state index contributed by atoms with van der Waals surface area (Å²) >= 11 is 1.10. The van der Waals surface area contributed by atoms with E-state index < -0.39 is 0 Å². The van der Waals surface area contributed by atoms with E-state index in [2.05, 4.69) is 14.9 Å². The minimum Gasteiger partial charge on any atom is -0.383 e. The first-order chi connectivity index (χ1) is 9.33. The molecular formula is C12H20N4O3S. The number of hydrogen-bond donors (Lipinski definition) is 1. The first-order valence-corrected chi connectivity index (χ1v) is 7.03. The smallest absolute Gasteiger partial charge is 0.275 e. The molecule has 1 aromatic rings. The summed E-state index contributed by atoms with van der Waals surface area (Å²) in [7, 11) is 1.54. The lowest BCUT2D eigenvalue weighted by atomic mass is 10.1. The summed E-state index contributed by atoms with van der Waals surface area (Å²) in [5.41, 5.74) is -0.0930. The zero-order valence-corrected chi connectivity index (χ0v) is 13.0. The van der Waals surface area contributed by atoms with Crippen LogP contribution in [0.25, 0.3) is 0 Å². The van der Waals surface area contributed by atoms with Crippen LogP contribution in [0, 0.1) is 0 Å². The first kappa shape index (κ1) is 16.5.